The predicted octanol–water partition coefficient (Wildman–Crippen LogP) is 3.17. The van der Waals surface area contributed by atoms with E-state index in [0.717, 1.165) is 16.5 Å². The minimum Gasteiger partial charge on any atom is -0.396 e. The van der Waals surface area contributed by atoms with E-state index in [1.54, 1.807) is 0 Å². The van der Waals surface area contributed by atoms with Crippen molar-refractivity contribution in [1.82, 2.24) is 0 Å². The first-order valence-electron chi connectivity index (χ1n) is 4.90. The van der Waals surface area contributed by atoms with E-state index in [2.05, 4.69) is 15.9 Å². The molecule has 2 rings (SSSR count). The molecule has 2 nitrogen and oxygen atoms in total. The van der Waals surface area contributed by atoms with Crippen molar-refractivity contribution in [2.75, 3.05) is 13.2 Å². The lowest BCUT2D eigenvalue weighted by molar-refractivity contribution is 0.0721. The van der Waals surface area contributed by atoms with Crippen molar-refractivity contribution >= 4 is 27.5 Å². The van der Waals surface area contributed by atoms with Crippen LogP contribution < -0.4 is 0 Å². The van der Waals surface area contributed by atoms with Gasteiger partial charge in [0.2, 0.25) is 0 Å². The van der Waals surface area contributed by atoms with E-state index in [-0.39, 0.29) is 18.6 Å². The molecule has 1 N–H and O–H groups in total. The van der Waals surface area contributed by atoms with Crippen LogP contribution in [0, 0.1) is 5.92 Å². The van der Waals surface area contributed by atoms with Crippen LogP contribution in [0.1, 0.15) is 18.1 Å². The van der Waals surface area contributed by atoms with Crippen LogP contribution >= 0.6 is 27.5 Å². The van der Waals surface area contributed by atoms with Gasteiger partial charge in [0.05, 0.1) is 6.10 Å². The van der Waals surface area contributed by atoms with Crippen LogP contribution in [0.15, 0.2) is 22.7 Å². The fourth-order valence-electron chi connectivity index (χ4n) is 1.90. The number of rotatable bonds is 2. The van der Waals surface area contributed by atoms with E-state index in [4.69, 9.17) is 16.3 Å². The first-order valence-corrected chi connectivity index (χ1v) is 6.07. The summed E-state index contributed by atoms with van der Waals surface area (Å²) in [7, 11) is 0. The molecule has 1 aromatic carbocycles. The molecule has 1 fully saturated rings. The Morgan fingerprint density at radius 2 is 2.33 bits per heavy atom. The van der Waals surface area contributed by atoms with Crippen molar-refractivity contribution in [3.05, 3.63) is 33.3 Å². The van der Waals surface area contributed by atoms with Gasteiger partial charge in [-0.1, -0.05) is 27.5 Å². The molecule has 0 aromatic heterocycles. The van der Waals surface area contributed by atoms with Crippen molar-refractivity contribution in [3.63, 3.8) is 0 Å². The molecule has 0 saturated carbocycles. The van der Waals surface area contributed by atoms with Crippen LogP contribution in [0.4, 0.5) is 0 Å². The van der Waals surface area contributed by atoms with Crippen molar-refractivity contribution in [3.8, 4) is 0 Å². The van der Waals surface area contributed by atoms with E-state index < -0.39 is 0 Å². The third-order valence-electron chi connectivity index (χ3n) is 2.71. The highest BCUT2D eigenvalue weighted by Crippen LogP contribution is 2.38. The first kappa shape index (κ1) is 11.4. The Morgan fingerprint density at radius 1 is 1.53 bits per heavy atom. The number of benzene rings is 1. The van der Waals surface area contributed by atoms with Crippen LogP contribution in [0.25, 0.3) is 0 Å². The Kier molecular flexibility index (Phi) is 3.67. The molecule has 0 amide bonds. The third kappa shape index (κ3) is 2.36. The maximum absolute atomic E-state index is 9.22. The van der Waals surface area contributed by atoms with Gasteiger partial charge in [-0.2, -0.15) is 0 Å². The fraction of sp³-hybridized carbons (Fsp3) is 0.455. The molecule has 1 aromatic rings. The Hall–Kier alpha value is -0.0900. The van der Waals surface area contributed by atoms with Gasteiger partial charge >= 0.3 is 0 Å². The Labute approximate surface area is 102 Å². The number of aliphatic hydroxyl groups excluding tert-OH is 1. The lowest BCUT2D eigenvalue weighted by atomic mass is 9.96. The lowest BCUT2D eigenvalue weighted by Gasteiger charge is -2.18. The van der Waals surface area contributed by atoms with Crippen molar-refractivity contribution in [2.24, 2.45) is 5.92 Å². The fourth-order valence-corrected chi connectivity index (χ4v) is 2.50. The second-order valence-electron chi connectivity index (χ2n) is 3.69. The quantitative estimate of drug-likeness (QED) is 0.907. The van der Waals surface area contributed by atoms with Crippen molar-refractivity contribution in [2.45, 2.75) is 12.5 Å². The summed E-state index contributed by atoms with van der Waals surface area (Å²) in [4.78, 5) is 0. The van der Waals surface area contributed by atoms with Gasteiger partial charge in [0.25, 0.3) is 0 Å². The highest BCUT2D eigenvalue weighted by molar-refractivity contribution is 9.10. The monoisotopic (exact) mass is 290 g/mol. The van der Waals surface area contributed by atoms with E-state index in [1.165, 1.54) is 0 Å². The molecule has 0 spiro atoms. The maximum Gasteiger partial charge on any atom is 0.0890 e. The molecule has 1 heterocycles. The summed E-state index contributed by atoms with van der Waals surface area (Å²) in [5.74, 6) is 0.164. The molecule has 82 valence electrons. The highest BCUT2D eigenvalue weighted by atomic mass is 79.9. The standard InChI is InChI=1S/C11H12BrClO2/c12-8-1-2-10(13)9(5-8)11-7(6-14)3-4-15-11/h1-2,5,7,11,14H,3-4,6H2. The minimum absolute atomic E-state index is 0.0694. The van der Waals surface area contributed by atoms with Crippen molar-refractivity contribution in [1.29, 1.82) is 0 Å². The van der Waals surface area contributed by atoms with E-state index in [0.29, 0.717) is 11.6 Å². The van der Waals surface area contributed by atoms with Gasteiger partial charge in [-0.15, -0.1) is 0 Å². The average molecular weight is 292 g/mol. The number of aliphatic hydroxyl groups is 1. The molecule has 1 aliphatic heterocycles. The van der Waals surface area contributed by atoms with Gasteiger partial charge in [-0.25, -0.2) is 0 Å². The average Bonchev–Trinajstić information content (AvgIpc) is 2.69. The van der Waals surface area contributed by atoms with Crippen LogP contribution in [0.5, 0.6) is 0 Å². The van der Waals surface area contributed by atoms with Gasteiger partial charge in [0, 0.05) is 34.2 Å². The van der Waals surface area contributed by atoms with Gasteiger partial charge in [0.1, 0.15) is 0 Å². The van der Waals surface area contributed by atoms with E-state index >= 15 is 0 Å². The molecule has 1 aliphatic rings. The Morgan fingerprint density at radius 3 is 3.07 bits per heavy atom. The lowest BCUT2D eigenvalue weighted by Crippen LogP contribution is -2.11. The summed E-state index contributed by atoms with van der Waals surface area (Å²) in [6.45, 7) is 0.840. The molecule has 0 bridgehead atoms. The summed E-state index contributed by atoms with van der Waals surface area (Å²) in [6.07, 6.45) is 0.823. The Bertz CT molecular complexity index is 356. The molecule has 15 heavy (non-hydrogen) atoms. The largest absolute Gasteiger partial charge is 0.396 e. The summed E-state index contributed by atoms with van der Waals surface area (Å²) in [5.41, 5.74) is 0.961. The number of halogens is 2. The number of hydrogen-bond acceptors (Lipinski definition) is 2. The molecule has 1 saturated heterocycles. The molecular weight excluding hydrogens is 279 g/mol. The summed E-state index contributed by atoms with van der Waals surface area (Å²) in [5, 5.41) is 9.92. The van der Waals surface area contributed by atoms with Gasteiger partial charge < -0.3 is 9.84 Å². The maximum atomic E-state index is 9.22. The van der Waals surface area contributed by atoms with E-state index in [1.807, 2.05) is 18.2 Å². The number of ether oxygens (including phenoxy) is 1. The van der Waals surface area contributed by atoms with Crippen LogP contribution in [0.3, 0.4) is 0 Å². The third-order valence-corrected chi connectivity index (χ3v) is 3.55. The Balaban J connectivity index is 2.31. The molecule has 4 heteroatoms. The van der Waals surface area contributed by atoms with Gasteiger partial charge in [0.15, 0.2) is 0 Å². The molecule has 2 atom stereocenters. The zero-order valence-electron chi connectivity index (χ0n) is 8.12. The second kappa shape index (κ2) is 4.83. The molecule has 0 aliphatic carbocycles. The second-order valence-corrected chi connectivity index (χ2v) is 5.01. The zero-order valence-corrected chi connectivity index (χ0v) is 10.5. The highest BCUT2D eigenvalue weighted by Gasteiger charge is 2.30. The van der Waals surface area contributed by atoms with Crippen LogP contribution in [-0.2, 0) is 4.74 Å². The summed E-state index contributed by atoms with van der Waals surface area (Å²) < 4.78 is 6.59. The molecule has 0 radical (unpaired) electrons. The van der Waals surface area contributed by atoms with Crippen LogP contribution in [0.2, 0.25) is 5.02 Å². The SMILES string of the molecule is OCC1CCOC1c1cc(Br)ccc1Cl. The summed E-state index contributed by atoms with van der Waals surface area (Å²) in [6, 6.07) is 5.70. The van der Waals surface area contributed by atoms with Gasteiger partial charge in [-0.3, -0.25) is 0 Å². The number of hydrogen-bond donors (Lipinski definition) is 1. The first-order chi connectivity index (χ1) is 7.22. The normalized spacial score (nSPS) is 25.8. The van der Waals surface area contributed by atoms with Crippen LogP contribution in [-0.4, -0.2) is 18.3 Å². The van der Waals surface area contributed by atoms with Gasteiger partial charge in [-0.05, 0) is 24.6 Å². The smallest absolute Gasteiger partial charge is 0.0890 e. The topological polar surface area (TPSA) is 29.5 Å². The predicted molar refractivity (Wildman–Crippen MR) is 63.0 cm³/mol. The van der Waals surface area contributed by atoms with Crippen molar-refractivity contribution < 1.29 is 9.84 Å². The zero-order chi connectivity index (χ0) is 10.8. The molecular formula is C11H12BrClO2. The molecule has 2 unspecified atom stereocenters. The minimum atomic E-state index is -0.0694. The van der Waals surface area contributed by atoms with E-state index in [9.17, 15) is 5.11 Å². The summed E-state index contributed by atoms with van der Waals surface area (Å²) >= 11 is 9.52.